The highest BCUT2D eigenvalue weighted by molar-refractivity contribution is 5.94. The molecule has 1 aromatic heterocycles. The van der Waals surface area contributed by atoms with Crippen LogP contribution in [0.4, 0.5) is 0 Å². The van der Waals surface area contributed by atoms with Crippen LogP contribution >= 0.6 is 0 Å². The first-order chi connectivity index (χ1) is 11.2. The van der Waals surface area contributed by atoms with Gasteiger partial charge in [-0.25, -0.2) is 4.98 Å². The number of nitrogens with zero attached hydrogens (tertiary/aromatic N) is 3. The van der Waals surface area contributed by atoms with Gasteiger partial charge in [0.25, 0.3) is 5.91 Å². The van der Waals surface area contributed by atoms with Crippen LogP contribution in [0.3, 0.4) is 0 Å². The van der Waals surface area contributed by atoms with Gasteiger partial charge in [-0.1, -0.05) is 12.1 Å². The molecule has 2 atom stereocenters. The minimum absolute atomic E-state index is 0.0291. The van der Waals surface area contributed by atoms with Crippen LogP contribution < -0.4 is 4.74 Å². The number of amides is 1. The first kappa shape index (κ1) is 14.3. The van der Waals surface area contributed by atoms with Gasteiger partial charge in [0.15, 0.2) is 5.69 Å². The molecule has 1 fully saturated rings. The Balaban J connectivity index is 1.72. The van der Waals surface area contributed by atoms with E-state index in [1.165, 1.54) is 6.42 Å². The SMILES string of the molecule is CC1CCCC(C)N1C(=O)c1ncn2c1COc1ccccc1-2. The Labute approximate surface area is 135 Å². The predicted octanol–water partition coefficient (Wildman–Crippen LogP) is 3.17. The van der Waals surface area contributed by atoms with Crippen LogP contribution in [0.25, 0.3) is 5.69 Å². The molecule has 0 spiro atoms. The second kappa shape index (κ2) is 5.41. The number of fused-ring (bicyclic) bond motifs is 3. The summed E-state index contributed by atoms with van der Waals surface area (Å²) >= 11 is 0. The van der Waals surface area contributed by atoms with Crippen LogP contribution in [0.15, 0.2) is 30.6 Å². The molecule has 2 aliphatic rings. The number of ether oxygens (including phenoxy) is 1. The van der Waals surface area contributed by atoms with Gasteiger partial charge in [0.2, 0.25) is 0 Å². The van der Waals surface area contributed by atoms with Crippen molar-refractivity contribution >= 4 is 5.91 Å². The van der Waals surface area contributed by atoms with Crippen molar-refractivity contribution in [3.8, 4) is 11.4 Å². The molecule has 0 N–H and O–H groups in total. The van der Waals surface area contributed by atoms with E-state index in [0.717, 1.165) is 30.0 Å². The number of likely N-dealkylation sites (tertiary alicyclic amines) is 1. The lowest BCUT2D eigenvalue weighted by Gasteiger charge is -2.38. The lowest BCUT2D eigenvalue weighted by atomic mass is 9.97. The maximum atomic E-state index is 13.1. The summed E-state index contributed by atoms with van der Waals surface area (Å²) in [5.41, 5.74) is 2.32. The molecule has 1 saturated heterocycles. The Morgan fingerprint density at radius 1 is 1.22 bits per heavy atom. The summed E-state index contributed by atoms with van der Waals surface area (Å²) in [6, 6.07) is 8.37. The number of para-hydroxylation sites is 2. The summed E-state index contributed by atoms with van der Waals surface area (Å²) < 4.78 is 7.79. The number of aromatic nitrogens is 2. The molecule has 3 heterocycles. The third kappa shape index (κ3) is 2.22. The predicted molar refractivity (Wildman–Crippen MR) is 86.8 cm³/mol. The van der Waals surface area contributed by atoms with Crippen molar-refractivity contribution in [2.24, 2.45) is 0 Å². The van der Waals surface area contributed by atoms with Crippen LogP contribution in [0.2, 0.25) is 0 Å². The van der Waals surface area contributed by atoms with E-state index >= 15 is 0 Å². The van der Waals surface area contributed by atoms with Gasteiger partial charge < -0.3 is 9.64 Å². The van der Waals surface area contributed by atoms with E-state index in [2.05, 4.69) is 18.8 Å². The Kier molecular flexibility index (Phi) is 3.36. The number of imidazole rings is 1. The molecule has 2 aromatic rings. The zero-order valence-electron chi connectivity index (χ0n) is 13.5. The molecule has 5 nitrogen and oxygen atoms in total. The molecule has 23 heavy (non-hydrogen) atoms. The Morgan fingerprint density at radius 2 is 1.96 bits per heavy atom. The largest absolute Gasteiger partial charge is 0.485 e. The van der Waals surface area contributed by atoms with Crippen molar-refractivity contribution in [3.05, 3.63) is 42.0 Å². The monoisotopic (exact) mass is 311 g/mol. The molecule has 1 aromatic carbocycles. The summed E-state index contributed by atoms with van der Waals surface area (Å²) in [5, 5.41) is 0. The fourth-order valence-electron chi connectivity index (χ4n) is 3.77. The molecule has 120 valence electrons. The summed E-state index contributed by atoms with van der Waals surface area (Å²) in [6.07, 6.45) is 5.05. The molecular weight excluding hydrogens is 290 g/mol. The highest BCUT2D eigenvalue weighted by Crippen LogP contribution is 2.32. The minimum atomic E-state index is 0.0291. The zero-order valence-corrected chi connectivity index (χ0v) is 13.5. The first-order valence-corrected chi connectivity index (χ1v) is 8.28. The number of hydrogen-bond acceptors (Lipinski definition) is 3. The molecule has 2 unspecified atom stereocenters. The van der Waals surface area contributed by atoms with Crippen LogP contribution in [0, 0.1) is 0 Å². The highest BCUT2D eigenvalue weighted by atomic mass is 16.5. The van der Waals surface area contributed by atoms with Gasteiger partial charge in [-0.05, 0) is 45.2 Å². The van der Waals surface area contributed by atoms with E-state index in [-0.39, 0.29) is 18.0 Å². The van der Waals surface area contributed by atoms with E-state index in [1.54, 1.807) is 6.33 Å². The molecule has 0 bridgehead atoms. The van der Waals surface area contributed by atoms with Gasteiger partial charge in [0.1, 0.15) is 18.7 Å². The van der Waals surface area contributed by atoms with Crippen LogP contribution in [-0.4, -0.2) is 32.4 Å². The van der Waals surface area contributed by atoms with Crippen molar-refractivity contribution in [2.75, 3.05) is 0 Å². The summed E-state index contributed by atoms with van der Waals surface area (Å²) in [7, 11) is 0. The molecule has 1 amide bonds. The topological polar surface area (TPSA) is 47.4 Å². The molecule has 4 rings (SSSR count). The van der Waals surface area contributed by atoms with Gasteiger partial charge in [-0.3, -0.25) is 9.36 Å². The Hall–Kier alpha value is -2.30. The van der Waals surface area contributed by atoms with E-state index in [9.17, 15) is 4.79 Å². The van der Waals surface area contributed by atoms with E-state index in [4.69, 9.17) is 4.74 Å². The number of carbonyl (C=O) groups excluding carboxylic acids is 1. The first-order valence-electron chi connectivity index (χ1n) is 8.28. The van der Waals surface area contributed by atoms with Gasteiger partial charge in [-0.15, -0.1) is 0 Å². The van der Waals surface area contributed by atoms with E-state index in [1.807, 2.05) is 33.7 Å². The van der Waals surface area contributed by atoms with Gasteiger partial charge in [0, 0.05) is 12.1 Å². The maximum absolute atomic E-state index is 13.1. The quantitative estimate of drug-likeness (QED) is 0.812. The molecule has 0 aliphatic carbocycles. The number of benzene rings is 1. The van der Waals surface area contributed by atoms with Crippen molar-refractivity contribution < 1.29 is 9.53 Å². The summed E-state index contributed by atoms with van der Waals surface area (Å²) in [6.45, 7) is 4.64. The van der Waals surface area contributed by atoms with Crippen LogP contribution in [0.5, 0.6) is 5.75 Å². The molecule has 0 radical (unpaired) electrons. The average Bonchev–Trinajstić information content (AvgIpc) is 2.99. The normalized spacial score (nSPS) is 23.0. The molecule has 0 saturated carbocycles. The second-order valence-corrected chi connectivity index (χ2v) is 6.51. The third-order valence-corrected chi connectivity index (χ3v) is 4.99. The molecule has 2 aliphatic heterocycles. The van der Waals surface area contributed by atoms with E-state index in [0.29, 0.717) is 12.3 Å². The number of hydrogen-bond donors (Lipinski definition) is 0. The lowest BCUT2D eigenvalue weighted by molar-refractivity contribution is 0.0502. The summed E-state index contributed by atoms with van der Waals surface area (Å²) in [5.74, 6) is 0.859. The van der Waals surface area contributed by atoms with Gasteiger partial charge >= 0.3 is 0 Å². The Morgan fingerprint density at radius 3 is 2.74 bits per heavy atom. The molecular formula is C18H21N3O2. The summed E-state index contributed by atoms with van der Waals surface area (Å²) in [4.78, 5) is 19.5. The van der Waals surface area contributed by atoms with Crippen molar-refractivity contribution in [3.63, 3.8) is 0 Å². The standard InChI is InChI=1S/C18H21N3O2/c1-12-6-5-7-13(2)21(12)18(22)17-15-10-23-16-9-4-3-8-14(16)20(15)11-19-17/h3-4,8-9,11-13H,5-7,10H2,1-2H3. The third-order valence-electron chi connectivity index (χ3n) is 4.99. The molecule has 5 heteroatoms. The van der Waals surface area contributed by atoms with Crippen molar-refractivity contribution in [1.29, 1.82) is 0 Å². The fourth-order valence-corrected chi connectivity index (χ4v) is 3.77. The van der Waals surface area contributed by atoms with Gasteiger partial charge in [0.05, 0.1) is 11.4 Å². The minimum Gasteiger partial charge on any atom is -0.485 e. The maximum Gasteiger partial charge on any atom is 0.274 e. The smallest absolute Gasteiger partial charge is 0.274 e. The van der Waals surface area contributed by atoms with Gasteiger partial charge in [-0.2, -0.15) is 0 Å². The Bertz CT molecular complexity index is 742. The number of carbonyl (C=O) groups is 1. The number of piperidine rings is 1. The van der Waals surface area contributed by atoms with Crippen molar-refractivity contribution in [1.82, 2.24) is 14.5 Å². The van der Waals surface area contributed by atoms with Crippen LogP contribution in [0.1, 0.15) is 49.3 Å². The lowest BCUT2D eigenvalue weighted by Crippen LogP contribution is -2.48. The number of rotatable bonds is 1. The van der Waals surface area contributed by atoms with E-state index < -0.39 is 0 Å². The fraction of sp³-hybridized carbons (Fsp3) is 0.444. The van der Waals surface area contributed by atoms with Crippen LogP contribution in [-0.2, 0) is 6.61 Å². The zero-order chi connectivity index (χ0) is 16.0. The highest BCUT2D eigenvalue weighted by Gasteiger charge is 2.33. The average molecular weight is 311 g/mol. The van der Waals surface area contributed by atoms with Crippen molar-refractivity contribution in [2.45, 2.75) is 51.8 Å². The second-order valence-electron chi connectivity index (χ2n) is 6.51.